The third-order valence-corrected chi connectivity index (χ3v) is 2.59. The van der Waals surface area contributed by atoms with E-state index in [0.717, 1.165) is 5.56 Å². The molecule has 0 heterocycles. The molecule has 0 aliphatic heterocycles. The Morgan fingerprint density at radius 2 is 1.94 bits per heavy atom. The molecule has 0 radical (unpaired) electrons. The number of thiol groups is 1. The van der Waals surface area contributed by atoms with Crippen LogP contribution in [0.1, 0.15) is 12.0 Å². The number of anilines is 1. The van der Waals surface area contributed by atoms with E-state index in [1.165, 1.54) is 0 Å². The second kappa shape index (κ2) is 6.90. The number of carbonyl (C=O) groups excluding carboxylic acids is 1. The Morgan fingerprint density at radius 1 is 1.33 bits per heavy atom. The van der Waals surface area contributed by atoms with E-state index in [1.54, 1.807) is 12.1 Å². The lowest BCUT2D eigenvalue weighted by Gasteiger charge is -2.14. The van der Waals surface area contributed by atoms with Gasteiger partial charge in [-0.1, -0.05) is 17.7 Å². The first-order valence-corrected chi connectivity index (χ1v) is 6.14. The molecule has 1 unspecified atom stereocenters. The van der Waals surface area contributed by atoms with E-state index in [2.05, 4.69) is 23.3 Å². The highest BCUT2D eigenvalue weighted by Gasteiger charge is 2.18. The summed E-state index contributed by atoms with van der Waals surface area (Å²) in [5, 5.41) is 13.8. The third-order valence-electron chi connectivity index (χ3n) is 2.33. The summed E-state index contributed by atoms with van der Waals surface area (Å²) in [5.74, 6) is -0.676. The standard InChI is InChI=1S/C12H16N2O3S/c1-8-2-4-9(5-3-8)13-12(17)14-10(6-7-18)11(15)16/h2-5,10,18H,6-7H2,1H3,(H,15,16)(H2,13,14,17). The van der Waals surface area contributed by atoms with Gasteiger partial charge in [-0.05, 0) is 31.2 Å². The van der Waals surface area contributed by atoms with E-state index in [1.807, 2.05) is 19.1 Å². The largest absolute Gasteiger partial charge is 0.480 e. The molecule has 0 bridgehead atoms. The van der Waals surface area contributed by atoms with E-state index in [9.17, 15) is 9.59 Å². The van der Waals surface area contributed by atoms with Gasteiger partial charge in [0, 0.05) is 5.69 Å². The Labute approximate surface area is 111 Å². The number of rotatable bonds is 5. The van der Waals surface area contributed by atoms with Gasteiger partial charge in [-0.15, -0.1) is 0 Å². The molecule has 5 nitrogen and oxygen atoms in total. The van der Waals surface area contributed by atoms with Crippen LogP contribution in [0.3, 0.4) is 0 Å². The molecule has 2 amide bonds. The zero-order valence-electron chi connectivity index (χ0n) is 10.0. The molecule has 0 fully saturated rings. The maximum Gasteiger partial charge on any atom is 0.326 e. The second-order valence-corrected chi connectivity index (χ2v) is 4.31. The lowest BCUT2D eigenvalue weighted by atomic mass is 10.2. The Bertz CT molecular complexity index is 420. The van der Waals surface area contributed by atoms with Crippen LogP contribution in [0.15, 0.2) is 24.3 Å². The smallest absolute Gasteiger partial charge is 0.326 e. The number of urea groups is 1. The fourth-order valence-electron chi connectivity index (χ4n) is 1.35. The van der Waals surface area contributed by atoms with Gasteiger partial charge in [0.1, 0.15) is 6.04 Å². The summed E-state index contributed by atoms with van der Waals surface area (Å²) in [5.41, 5.74) is 1.70. The van der Waals surface area contributed by atoms with Crippen molar-refractivity contribution >= 4 is 30.3 Å². The summed E-state index contributed by atoms with van der Waals surface area (Å²) >= 11 is 3.95. The van der Waals surface area contributed by atoms with Gasteiger partial charge in [-0.3, -0.25) is 0 Å². The number of carbonyl (C=O) groups is 2. The quantitative estimate of drug-likeness (QED) is 0.616. The minimum atomic E-state index is -1.07. The predicted octanol–water partition coefficient (Wildman–Crippen LogP) is 1.89. The number of benzene rings is 1. The average molecular weight is 268 g/mol. The van der Waals surface area contributed by atoms with Crippen molar-refractivity contribution in [2.75, 3.05) is 11.1 Å². The molecule has 1 aromatic carbocycles. The van der Waals surface area contributed by atoms with E-state index in [-0.39, 0.29) is 6.42 Å². The van der Waals surface area contributed by atoms with Crippen LogP contribution in [0.4, 0.5) is 10.5 Å². The summed E-state index contributed by atoms with van der Waals surface area (Å²) in [6.45, 7) is 1.94. The van der Waals surface area contributed by atoms with E-state index >= 15 is 0 Å². The molecule has 0 spiro atoms. The lowest BCUT2D eigenvalue weighted by Crippen LogP contribution is -2.43. The van der Waals surface area contributed by atoms with Crippen molar-refractivity contribution in [3.8, 4) is 0 Å². The van der Waals surface area contributed by atoms with E-state index in [0.29, 0.717) is 11.4 Å². The molecule has 0 aliphatic rings. The number of carboxylic acids is 1. The Kier molecular flexibility index (Phi) is 5.51. The van der Waals surface area contributed by atoms with Gasteiger partial charge in [0.2, 0.25) is 0 Å². The molecule has 0 aromatic heterocycles. The van der Waals surface area contributed by atoms with Crippen LogP contribution in [0, 0.1) is 6.92 Å². The number of aliphatic carboxylic acids is 1. The minimum Gasteiger partial charge on any atom is -0.480 e. The highest BCUT2D eigenvalue weighted by molar-refractivity contribution is 7.80. The molecule has 1 atom stereocenters. The van der Waals surface area contributed by atoms with Crippen molar-refractivity contribution in [2.45, 2.75) is 19.4 Å². The molecule has 0 aliphatic carbocycles. The Balaban J connectivity index is 2.54. The fraction of sp³-hybridized carbons (Fsp3) is 0.333. The van der Waals surface area contributed by atoms with Crippen LogP contribution in [-0.4, -0.2) is 28.9 Å². The van der Waals surface area contributed by atoms with Gasteiger partial charge in [0.15, 0.2) is 0 Å². The number of hydrogen-bond donors (Lipinski definition) is 4. The zero-order chi connectivity index (χ0) is 13.5. The van der Waals surface area contributed by atoms with Gasteiger partial charge in [0.05, 0.1) is 0 Å². The van der Waals surface area contributed by atoms with Crippen LogP contribution in [0.5, 0.6) is 0 Å². The van der Waals surface area contributed by atoms with Crippen LogP contribution < -0.4 is 10.6 Å². The fourth-order valence-corrected chi connectivity index (χ4v) is 1.61. The molecule has 1 rings (SSSR count). The highest BCUT2D eigenvalue weighted by Crippen LogP contribution is 2.08. The molecule has 3 N–H and O–H groups in total. The Morgan fingerprint density at radius 3 is 2.44 bits per heavy atom. The molecule has 0 saturated heterocycles. The van der Waals surface area contributed by atoms with Crippen LogP contribution in [0.2, 0.25) is 0 Å². The normalized spacial score (nSPS) is 11.7. The predicted molar refractivity (Wildman–Crippen MR) is 73.2 cm³/mol. The summed E-state index contributed by atoms with van der Waals surface area (Å²) < 4.78 is 0. The lowest BCUT2D eigenvalue weighted by molar-refractivity contribution is -0.139. The minimum absolute atomic E-state index is 0.278. The third kappa shape index (κ3) is 4.67. The van der Waals surface area contributed by atoms with Crippen molar-refractivity contribution in [1.29, 1.82) is 0 Å². The maximum atomic E-state index is 11.6. The summed E-state index contributed by atoms with van der Waals surface area (Å²) in [7, 11) is 0. The molecule has 98 valence electrons. The monoisotopic (exact) mass is 268 g/mol. The molecule has 0 saturated carbocycles. The topological polar surface area (TPSA) is 78.4 Å². The van der Waals surface area contributed by atoms with Crippen LogP contribution in [0.25, 0.3) is 0 Å². The van der Waals surface area contributed by atoms with Gasteiger partial charge in [-0.2, -0.15) is 12.6 Å². The summed E-state index contributed by atoms with van der Waals surface area (Å²) in [4.78, 5) is 22.4. The number of carboxylic acid groups (broad SMARTS) is 1. The first-order chi connectivity index (χ1) is 8.52. The van der Waals surface area contributed by atoms with Crippen molar-refractivity contribution in [3.05, 3.63) is 29.8 Å². The first-order valence-electron chi connectivity index (χ1n) is 5.51. The SMILES string of the molecule is Cc1ccc(NC(=O)NC(CCS)C(=O)O)cc1. The maximum absolute atomic E-state index is 11.6. The van der Waals surface area contributed by atoms with Crippen LogP contribution >= 0.6 is 12.6 Å². The van der Waals surface area contributed by atoms with Crippen LogP contribution in [-0.2, 0) is 4.79 Å². The molecular weight excluding hydrogens is 252 g/mol. The average Bonchev–Trinajstić information content (AvgIpc) is 2.31. The van der Waals surface area contributed by atoms with Crippen molar-refractivity contribution < 1.29 is 14.7 Å². The molecule has 6 heteroatoms. The Hall–Kier alpha value is -1.69. The second-order valence-electron chi connectivity index (χ2n) is 3.87. The van der Waals surface area contributed by atoms with Crippen molar-refractivity contribution in [3.63, 3.8) is 0 Å². The summed E-state index contributed by atoms with van der Waals surface area (Å²) in [6, 6.07) is 5.77. The van der Waals surface area contributed by atoms with E-state index < -0.39 is 18.0 Å². The molecule has 18 heavy (non-hydrogen) atoms. The van der Waals surface area contributed by atoms with Gasteiger partial charge in [-0.25, -0.2) is 9.59 Å². The molecule has 1 aromatic rings. The number of aryl methyl sites for hydroxylation is 1. The molecular formula is C12H16N2O3S. The summed E-state index contributed by atoms with van der Waals surface area (Å²) in [6.07, 6.45) is 0.278. The van der Waals surface area contributed by atoms with Crippen molar-refractivity contribution in [2.24, 2.45) is 0 Å². The van der Waals surface area contributed by atoms with Gasteiger partial charge in [0.25, 0.3) is 0 Å². The number of amides is 2. The highest BCUT2D eigenvalue weighted by atomic mass is 32.1. The van der Waals surface area contributed by atoms with E-state index in [4.69, 9.17) is 5.11 Å². The van der Waals surface area contributed by atoms with Gasteiger partial charge < -0.3 is 15.7 Å². The zero-order valence-corrected chi connectivity index (χ0v) is 10.9. The van der Waals surface area contributed by atoms with Gasteiger partial charge >= 0.3 is 12.0 Å². The first kappa shape index (κ1) is 14.4. The number of nitrogens with one attached hydrogen (secondary N) is 2. The van der Waals surface area contributed by atoms with Crippen molar-refractivity contribution in [1.82, 2.24) is 5.32 Å². The number of hydrogen-bond acceptors (Lipinski definition) is 3.